The second-order valence-electron chi connectivity index (χ2n) is 6.65. The van der Waals surface area contributed by atoms with E-state index in [9.17, 15) is 13.2 Å². The highest BCUT2D eigenvalue weighted by Crippen LogP contribution is 2.18. The Morgan fingerprint density at radius 3 is 2.36 bits per heavy atom. The summed E-state index contributed by atoms with van der Waals surface area (Å²) in [6.07, 6.45) is 0.583. The minimum Gasteiger partial charge on any atom is -0.496 e. The fraction of sp³-hybridized carbons (Fsp3) is 0.350. The van der Waals surface area contributed by atoms with Crippen LogP contribution in [0.25, 0.3) is 0 Å². The van der Waals surface area contributed by atoms with Crippen LogP contribution in [-0.2, 0) is 21.2 Å². The van der Waals surface area contributed by atoms with E-state index in [1.54, 1.807) is 33.1 Å². The smallest absolute Gasteiger partial charge is 0.241 e. The van der Waals surface area contributed by atoms with Crippen LogP contribution in [0.5, 0.6) is 5.75 Å². The molecule has 0 fully saturated rings. The van der Waals surface area contributed by atoms with Crippen LogP contribution in [-0.4, -0.2) is 34.0 Å². The average Bonchev–Trinajstić information content (AvgIpc) is 2.66. The molecule has 0 saturated carbocycles. The molecule has 2 N–H and O–H groups in total. The standard InChI is InChI=1S/C20H25BrN2O4S/c1-14(2)19(23-28(25,26)17-10-8-16(21)9-11-17)20(24)22-13-12-15-6-4-5-7-18(15)27-3/h4-11,14,19,23H,12-13H2,1-3H3,(H,22,24)/t19-/m0/s1. The lowest BCUT2D eigenvalue weighted by atomic mass is 10.0. The topological polar surface area (TPSA) is 84.5 Å². The summed E-state index contributed by atoms with van der Waals surface area (Å²) in [4.78, 5) is 12.7. The summed E-state index contributed by atoms with van der Waals surface area (Å²) < 4.78 is 33.8. The van der Waals surface area contributed by atoms with Gasteiger partial charge in [0.2, 0.25) is 15.9 Å². The number of hydrogen-bond donors (Lipinski definition) is 2. The summed E-state index contributed by atoms with van der Waals surface area (Å²) >= 11 is 3.28. The minimum atomic E-state index is -3.81. The third-order valence-electron chi connectivity index (χ3n) is 4.24. The largest absolute Gasteiger partial charge is 0.496 e. The van der Waals surface area contributed by atoms with Crippen molar-refractivity contribution in [1.29, 1.82) is 0 Å². The number of para-hydroxylation sites is 1. The molecule has 2 aromatic carbocycles. The van der Waals surface area contributed by atoms with Crippen molar-refractivity contribution in [3.63, 3.8) is 0 Å². The normalized spacial score (nSPS) is 12.6. The van der Waals surface area contributed by atoms with E-state index in [0.717, 1.165) is 15.8 Å². The van der Waals surface area contributed by atoms with Crippen LogP contribution < -0.4 is 14.8 Å². The number of nitrogens with one attached hydrogen (secondary N) is 2. The van der Waals surface area contributed by atoms with Gasteiger partial charge in [-0.15, -0.1) is 0 Å². The highest BCUT2D eigenvalue weighted by Gasteiger charge is 2.28. The molecule has 0 bridgehead atoms. The van der Waals surface area contributed by atoms with Gasteiger partial charge in [0.15, 0.2) is 0 Å². The summed E-state index contributed by atoms with van der Waals surface area (Å²) in [5.41, 5.74) is 0.974. The number of carbonyl (C=O) groups is 1. The van der Waals surface area contributed by atoms with Crippen molar-refractivity contribution in [3.8, 4) is 5.75 Å². The highest BCUT2D eigenvalue weighted by molar-refractivity contribution is 9.10. The average molecular weight is 469 g/mol. The molecule has 1 amide bonds. The van der Waals surface area contributed by atoms with Gasteiger partial charge in [0.05, 0.1) is 12.0 Å². The molecule has 0 aliphatic heterocycles. The Morgan fingerprint density at radius 1 is 1.11 bits per heavy atom. The number of amides is 1. The van der Waals surface area contributed by atoms with Crippen LogP contribution in [0.2, 0.25) is 0 Å². The molecule has 8 heteroatoms. The number of carbonyl (C=O) groups excluding carboxylic acids is 1. The number of halogens is 1. The summed E-state index contributed by atoms with van der Waals surface area (Å²) in [5.74, 6) is 0.190. The maximum absolute atomic E-state index is 12.6. The van der Waals surface area contributed by atoms with Crippen molar-refractivity contribution in [2.24, 2.45) is 5.92 Å². The van der Waals surface area contributed by atoms with Crippen LogP contribution in [0.1, 0.15) is 19.4 Å². The maximum Gasteiger partial charge on any atom is 0.241 e. The molecule has 2 rings (SSSR count). The monoisotopic (exact) mass is 468 g/mol. The van der Waals surface area contributed by atoms with Gasteiger partial charge in [0.25, 0.3) is 0 Å². The van der Waals surface area contributed by atoms with E-state index in [2.05, 4.69) is 26.0 Å². The van der Waals surface area contributed by atoms with Crippen LogP contribution >= 0.6 is 15.9 Å². The van der Waals surface area contributed by atoms with Crippen molar-refractivity contribution >= 4 is 31.9 Å². The van der Waals surface area contributed by atoms with Crippen LogP contribution in [0.4, 0.5) is 0 Å². The Hall–Kier alpha value is -1.90. The Kier molecular flexibility index (Phi) is 8.03. The molecule has 0 aromatic heterocycles. The minimum absolute atomic E-state index is 0.114. The molecule has 0 saturated heterocycles. The fourth-order valence-electron chi connectivity index (χ4n) is 2.68. The molecule has 28 heavy (non-hydrogen) atoms. The molecule has 0 heterocycles. The van der Waals surface area contributed by atoms with E-state index in [-0.39, 0.29) is 16.7 Å². The molecular formula is C20H25BrN2O4S. The van der Waals surface area contributed by atoms with Crippen LogP contribution in [0, 0.1) is 5.92 Å². The first-order valence-corrected chi connectivity index (χ1v) is 11.2. The van der Waals surface area contributed by atoms with Gasteiger partial charge in [-0.25, -0.2) is 8.42 Å². The number of rotatable bonds is 9. The number of sulfonamides is 1. The molecule has 0 unspecified atom stereocenters. The molecule has 0 radical (unpaired) electrons. The Bertz CT molecular complexity index is 899. The first-order chi connectivity index (χ1) is 13.2. The van der Waals surface area contributed by atoms with Gasteiger partial charge in [-0.05, 0) is 48.2 Å². The zero-order valence-electron chi connectivity index (χ0n) is 16.1. The van der Waals surface area contributed by atoms with Gasteiger partial charge >= 0.3 is 0 Å². The van der Waals surface area contributed by atoms with Gasteiger partial charge in [0.1, 0.15) is 11.8 Å². The third-order valence-corrected chi connectivity index (χ3v) is 6.23. The molecule has 0 aliphatic carbocycles. The van der Waals surface area contributed by atoms with Crippen molar-refractivity contribution in [1.82, 2.24) is 10.0 Å². The summed E-state index contributed by atoms with van der Waals surface area (Å²) in [6, 6.07) is 13.0. The highest BCUT2D eigenvalue weighted by atomic mass is 79.9. The summed E-state index contributed by atoms with van der Waals surface area (Å²) in [7, 11) is -2.21. The lowest BCUT2D eigenvalue weighted by Gasteiger charge is -2.22. The summed E-state index contributed by atoms with van der Waals surface area (Å²) in [5, 5.41) is 2.82. The Morgan fingerprint density at radius 2 is 1.75 bits per heavy atom. The van der Waals surface area contributed by atoms with Crippen molar-refractivity contribution in [2.45, 2.75) is 31.2 Å². The molecule has 6 nitrogen and oxygen atoms in total. The lowest BCUT2D eigenvalue weighted by molar-refractivity contribution is -0.123. The zero-order valence-corrected chi connectivity index (χ0v) is 18.5. The Balaban J connectivity index is 2.02. The zero-order chi connectivity index (χ0) is 20.7. The molecule has 0 aliphatic rings. The number of ether oxygens (including phenoxy) is 1. The van der Waals surface area contributed by atoms with E-state index in [1.807, 2.05) is 24.3 Å². The predicted octanol–water partition coefficient (Wildman–Crippen LogP) is 3.12. The van der Waals surface area contributed by atoms with E-state index >= 15 is 0 Å². The number of hydrogen-bond acceptors (Lipinski definition) is 4. The van der Waals surface area contributed by atoms with E-state index in [1.165, 1.54) is 12.1 Å². The van der Waals surface area contributed by atoms with Gasteiger partial charge in [-0.3, -0.25) is 4.79 Å². The van der Waals surface area contributed by atoms with Crippen molar-refractivity contribution < 1.29 is 17.9 Å². The van der Waals surface area contributed by atoms with E-state index in [0.29, 0.717) is 13.0 Å². The predicted molar refractivity (Wildman–Crippen MR) is 113 cm³/mol. The fourth-order valence-corrected chi connectivity index (χ4v) is 4.29. The van der Waals surface area contributed by atoms with Crippen LogP contribution in [0.15, 0.2) is 57.9 Å². The van der Waals surface area contributed by atoms with Crippen LogP contribution in [0.3, 0.4) is 0 Å². The third kappa shape index (κ3) is 6.05. The van der Waals surface area contributed by atoms with Gasteiger partial charge in [0, 0.05) is 11.0 Å². The maximum atomic E-state index is 12.6. The molecule has 2 aromatic rings. The van der Waals surface area contributed by atoms with Gasteiger partial charge < -0.3 is 10.1 Å². The molecule has 0 spiro atoms. The van der Waals surface area contributed by atoms with E-state index < -0.39 is 16.1 Å². The second kappa shape index (κ2) is 10.0. The second-order valence-corrected chi connectivity index (χ2v) is 9.28. The van der Waals surface area contributed by atoms with Gasteiger partial charge in [-0.1, -0.05) is 48.0 Å². The number of methoxy groups -OCH3 is 1. The molecule has 1 atom stereocenters. The first-order valence-electron chi connectivity index (χ1n) is 8.92. The SMILES string of the molecule is COc1ccccc1CCNC(=O)[C@@H](NS(=O)(=O)c1ccc(Br)cc1)C(C)C. The molecule has 152 valence electrons. The lowest BCUT2D eigenvalue weighted by Crippen LogP contribution is -2.49. The van der Waals surface area contributed by atoms with Crippen molar-refractivity contribution in [2.75, 3.05) is 13.7 Å². The summed E-state index contributed by atoms with van der Waals surface area (Å²) in [6.45, 7) is 3.98. The first kappa shape index (κ1) is 22.4. The Labute approximate surface area is 174 Å². The van der Waals surface area contributed by atoms with Crippen molar-refractivity contribution in [3.05, 3.63) is 58.6 Å². The number of benzene rings is 2. The quantitative estimate of drug-likeness (QED) is 0.591. The van der Waals surface area contributed by atoms with Gasteiger partial charge in [-0.2, -0.15) is 4.72 Å². The molecular weight excluding hydrogens is 444 g/mol. The van der Waals surface area contributed by atoms with E-state index in [4.69, 9.17) is 4.74 Å².